The molecule has 1 amide bonds. The molecule has 0 unspecified atom stereocenters. The van der Waals surface area contributed by atoms with Gasteiger partial charge in [-0.2, -0.15) is 0 Å². The topological polar surface area (TPSA) is 79.4 Å². The van der Waals surface area contributed by atoms with Crippen molar-refractivity contribution in [3.8, 4) is 10.6 Å². The van der Waals surface area contributed by atoms with Crippen molar-refractivity contribution in [1.29, 1.82) is 0 Å². The van der Waals surface area contributed by atoms with Crippen LogP contribution in [0.5, 0.6) is 0 Å². The van der Waals surface area contributed by atoms with E-state index in [4.69, 9.17) is 0 Å². The molecule has 0 aliphatic heterocycles. The molecular weight excluding hydrogens is 394 g/mol. The molecular formula is C20H21N3O3S2. The average molecular weight is 416 g/mol. The lowest BCUT2D eigenvalue weighted by atomic mass is 10.1. The molecule has 28 heavy (non-hydrogen) atoms. The molecule has 1 aromatic heterocycles. The Balaban J connectivity index is 1.78. The summed E-state index contributed by atoms with van der Waals surface area (Å²) in [5.74, 6) is -0.382. The fourth-order valence-electron chi connectivity index (χ4n) is 2.53. The quantitative estimate of drug-likeness (QED) is 0.663. The monoisotopic (exact) mass is 415 g/mol. The van der Waals surface area contributed by atoms with Gasteiger partial charge in [0.2, 0.25) is 10.0 Å². The van der Waals surface area contributed by atoms with Gasteiger partial charge in [0.1, 0.15) is 10.7 Å². The largest absolute Gasteiger partial charge is 0.321 e. The van der Waals surface area contributed by atoms with E-state index in [0.29, 0.717) is 11.4 Å². The molecule has 1 heterocycles. The molecule has 8 heteroatoms. The number of sulfonamides is 1. The summed E-state index contributed by atoms with van der Waals surface area (Å²) in [5, 5.41) is 5.17. The van der Waals surface area contributed by atoms with E-state index in [0.717, 1.165) is 21.3 Å². The zero-order valence-corrected chi connectivity index (χ0v) is 17.5. The Labute approximate surface area is 168 Å². The molecule has 3 rings (SSSR count). The third-order valence-electron chi connectivity index (χ3n) is 4.22. The molecule has 0 aliphatic carbocycles. The van der Waals surface area contributed by atoms with Crippen molar-refractivity contribution in [2.45, 2.75) is 18.2 Å². The van der Waals surface area contributed by atoms with Crippen LogP contribution in [0.25, 0.3) is 10.6 Å². The second-order valence-corrected chi connectivity index (χ2v) is 9.37. The first kappa shape index (κ1) is 20.2. The molecule has 0 bridgehead atoms. The maximum Gasteiger partial charge on any atom is 0.275 e. The summed E-state index contributed by atoms with van der Waals surface area (Å²) in [5.41, 5.74) is 2.89. The van der Waals surface area contributed by atoms with E-state index in [1.54, 1.807) is 17.5 Å². The molecule has 0 saturated heterocycles. The lowest BCUT2D eigenvalue weighted by Crippen LogP contribution is -2.22. The number of benzene rings is 2. The molecule has 2 aromatic carbocycles. The van der Waals surface area contributed by atoms with E-state index < -0.39 is 10.0 Å². The third-order valence-corrected chi connectivity index (χ3v) is 6.92. The summed E-state index contributed by atoms with van der Waals surface area (Å²) in [6, 6.07) is 14.2. The number of amides is 1. The van der Waals surface area contributed by atoms with Crippen LogP contribution < -0.4 is 5.32 Å². The van der Waals surface area contributed by atoms with Crippen LogP contribution in [-0.2, 0) is 16.4 Å². The second kappa shape index (κ2) is 8.22. The highest BCUT2D eigenvalue weighted by atomic mass is 32.2. The number of carbonyl (C=O) groups is 1. The molecule has 6 nitrogen and oxygen atoms in total. The van der Waals surface area contributed by atoms with Crippen LogP contribution in [0.15, 0.2) is 58.8 Å². The molecule has 0 radical (unpaired) electrons. The van der Waals surface area contributed by atoms with Gasteiger partial charge in [0.25, 0.3) is 5.91 Å². The molecule has 0 atom stereocenters. The summed E-state index contributed by atoms with van der Waals surface area (Å²) >= 11 is 1.39. The Morgan fingerprint density at radius 3 is 2.50 bits per heavy atom. The molecule has 0 spiro atoms. The van der Waals surface area contributed by atoms with Gasteiger partial charge >= 0.3 is 0 Å². The number of rotatable bonds is 6. The second-order valence-electron chi connectivity index (χ2n) is 6.36. The molecule has 0 saturated carbocycles. The number of hydrogen-bond donors (Lipinski definition) is 1. The predicted octanol–water partition coefficient (Wildman–Crippen LogP) is 3.88. The highest BCUT2D eigenvalue weighted by Crippen LogP contribution is 2.25. The Hall–Kier alpha value is -2.55. The van der Waals surface area contributed by atoms with E-state index in [-0.39, 0.29) is 10.8 Å². The zero-order chi connectivity index (χ0) is 20.3. The van der Waals surface area contributed by atoms with Gasteiger partial charge in [0.05, 0.1) is 4.90 Å². The predicted molar refractivity (Wildman–Crippen MR) is 112 cm³/mol. The molecule has 146 valence electrons. The minimum atomic E-state index is -3.57. The van der Waals surface area contributed by atoms with Crippen LogP contribution in [0.3, 0.4) is 0 Å². The van der Waals surface area contributed by atoms with Gasteiger partial charge in [-0.1, -0.05) is 37.3 Å². The Morgan fingerprint density at radius 2 is 1.86 bits per heavy atom. The van der Waals surface area contributed by atoms with Crippen molar-refractivity contribution in [3.05, 3.63) is 65.2 Å². The van der Waals surface area contributed by atoms with Gasteiger partial charge in [-0.25, -0.2) is 17.7 Å². The van der Waals surface area contributed by atoms with Gasteiger partial charge < -0.3 is 5.32 Å². The summed E-state index contributed by atoms with van der Waals surface area (Å²) in [6.07, 6.45) is 0.967. The van der Waals surface area contributed by atoms with Gasteiger partial charge in [-0.15, -0.1) is 11.3 Å². The summed E-state index contributed by atoms with van der Waals surface area (Å²) in [4.78, 5) is 17.1. The standard InChI is InChI=1S/C20H21N3O3S2/c1-4-14-8-10-15(11-9-14)20-22-18(13-27-20)19(24)21-16-6-5-7-17(12-16)28(25,26)23(2)3/h5-13H,4H2,1-3H3,(H,21,24). The van der Waals surface area contributed by atoms with Crippen LogP contribution in [0.1, 0.15) is 23.0 Å². The number of aryl methyl sites for hydroxylation is 1. The Kier molecular flexibility index (Phi) is 5.93. The van der Waals surface area contributed by atoms with Gasteiger partial charge in [-0.3, -0.25) is 4.79 Å². The maximum atomic E-state index is 12.5. The van der Waals surface area contributed by atoms with Crippen LogP contribution in [0, 0.1) is 0 Å². The summed E-state index contributed by atoms with van der Waals surface area (Å²) in [6.45, 7) is 2.10. The first-order chi connectivity index (χ1) is 13.3. The van der Waals surface area contributed by atoms with Gasteiger partial charge in [-0.05, 0) is 30.2 Å². The molecule has 1 N–H and O–H groups in total. The van der Waals surface area contributed by atoms with E-state index in [1.807, 2.05) is 24.3 Å². The normalized spacial score (nSPS) is 11.6. The number of nitrogens with one attached hydrogen (secondary N) is 1. The minimum Gasteiger partial charge on any atom is -0.321 e. The van der Waals surface area contributed by atoms with E-state index in [2.05, 4.69) is 17.2 Å². The van der Waals surface area contributed by atoms with Crippen molar-refractivity contribution < 1.29 is 13.2 Å². The average Bonchev–Trinajstić information content (AvgIpc) is 3.18. The lowest BCUT2D eigenvalue weighted by Gasteiger charge is -2.12. The highest BCUT2D eigenvalue weighted by Gasteiger charge is 2.18. The van der Waals surface area contributed by atoms with Crippen LogP contribution >= 0.6 is 11.3 Å². The molecule has 0 aliphatic rings. The first-order valence-corrected chi connectivity index (χ1v) is 11.0. The number of hydrogen-bond acceptors (Lipinski definition) is 5. The summed E-state index contributed by atoms with van der Waals surface area (Å²) in [7, 11) is -0.644. The number of nitrogens with zero attached hydrogens (tertiary/aromatic N) is 2. The van der Waals surface area contributed by atoms with E-state index in [9.17, 15) is 13.2 Å². The SMILES string of the molecule is CCc1ccc(-c2nc(C(=O)Nc3cccc(S(=O)(=O)N(C)C)c3)cs2)cc1. The number of thiazole rings is 1. The van der Waals surface area contributed by atoms with Crippen molar-refractivity contribution >= 4 is 33.0 Å². The number of carbonyl (C=O) groups excluding carboxylic acids is 1. The minimum absolute atomic E-state index is 0.116. The molecule has 0 fully saturated rings. The lowest BCUT2D eigenvalue weighted by molar-refractivity contribution is 0.102. The van der Waals surface area contributed by atoms with E-state index in [1.165, 1.54) is 43.1 Å². The Bertz CT molecular complexity index is 1090. The van der Waals surface area contributed by atoms with Crippen molar-refractivity contribution in [1.82, 2.24) is 9.29 Å². The fraction of sp³-hybridized carbons (Fsp3) is 0.200. The summed E-state index contributed by atoms with van der Waals surface area (Å²) < 4.78 is 25.6. The number of aromatic nitrogens is 1. The smallest absolute Gasteiger partial charge is 0.275 e. The van der Waals surface area contributed by atoms with E-state index >= 15 is 0 Å². The van der Waals surface area contributed by atoms with Crippen LogP contribution in [0.4, 0.5) is 5.69 Å². The van der Waals surface area contributed by atoms with Crippen molar-refractivity contribution in [2.75, 3.05) is 19.4 Å². The molecule has 3 aromatic rings. The Morgan fingerprint density at radius 1 is 1.14 bits per heavy atom. The van der Waals surface area contributed by atoms with Crippen molar-refractivity contribution in [3.63, 3.8) is 0 Å². The first-order valence-electron chi connectivity index (χ1n) is 8.70. The highest BCUT2D eigenvalue weighted by molar-refractivity contribution is 7.89. The zero-order valence-electron chi connectivity index (χ0n) is 15.8. The van der Waals surface area contributed by atoms with Gasteiger partial charge in [0.15, 0.2) is 0 Å². The van der Waals surface area contributed by atoms with Crippen molar-refractivity contribution in [2.24, 2.45) is 0 Å². The fourth-order valence-corrected chi connectivity index (χ4v) is 4.29. The third kappa shape index (κ3) is 4.30. The number of anilines is 1. The van der Waals surface area contributed by atoms with Crippen LogP contribution in [0.2, 0.25) is 0 Å². The maximum absolute atomic E-state index is 12.5. The van der Waals surface area contributed by atoms with Crippen LogP contribution in [-0.4, -0.2) is 37.7 Å². The van der Waals surface area contributed by atoms with Gasteiger partial charge in [0, 0.05) is 30.7 Å².